The number of fused-ring (bicyclic) bond motifs is 1. The summed E-state index contributed by atoms with van der Waals surface area (Å²) in [6.07, 6.45) is 0.832. The molecule has 0 bridgehead atoms. The van der Waals surface area contributed by atoms with Crippen molar-refractivity contribution in [1.29, 1.82) is 0 Å². The van der Waals surface area contributed by atoms with Crippen LogP contribution in [0.5, 0.6) is 0 Å². The summed E-state index contributed by atoms with van der Waals surface area (Å²) in [5.41, 5.74) is 3.01. The quantitative estimate of drug-likeness (QED) is 0.888. The summed E-state index contributed by atoms with van der Waals surface area (Å²) < 4.78 is 41.0. The van der Waals surface area contributed by atoms with Crippen molar-refractivity contribution in [2.24, 2.45) is 0 Å². The number of rotatable bonds is 5. The highest BCUT2D eigenvalue weighted by Crippen LogP contribution is 2.29. The number of hydrogen-bond donors (Lipinski definition) is 1. The molecule has 2 aromatic carbocycles. The van der Waals surface area contributed by atoms with Gasteiger partial charge in [0.15, 0.2) is 0 Å². The predicted octanol–water partition coefficient (Wildman–Crippen LogP) is 3.24. The predicted molar refractivity (Wildman–Crippen MR) is 96.2 cm³/mol. The Morgan fingerprint density at radius 1 is 1.16 bits per heavy atom. The van der Waals surface area contributed by atoms with Gasteiger partial charge in [-0.25, -0.2) is 12.8 Å². The van der Waals surface area contributed by atoms with Gasteiger partial charge in [0.1, 0.15) is 5.82 Å². The van der Waals surface area contributed by atoms with Crippen molar-refractivity contribution in [2.75, 3.05) is 13.1 Å². The van der Waals surface area contributed by atoms with Gasteiger partial charge in [-0.1, -0.05) is 25.1 Å². The number of nitrogens with zero attached hydrogens (tertiary/aromatic N) is 1. The lowest BCUT2D eigenvalue weighted by Crippen LogP contribution is -2.34. The zero-order chi connectivity index (χ0) is 18.0. The molecule has 1 aliphatic heterocycles. The van der Waals surface area contributed by atoms with Crippen LogP contribution in [-0.4, -0.2) is 25.8 Å². The summed E-state index contributed by atoms with van der Waals surface area (Å²) >= 11 is 0. The zero-order valence-corrected chi connectivity index (χ0v) is 15.3. The molecule has 0 aromatic heterocycles. The number of benzene rings is 2. The lowest BCUT2D eigenvalue weighted by molar-refractivity contribution is 0.357. The fourth-order valence-electron chi connectivity index (χ4n) is 3.31. The minimum Gasteiger partial charge on any atom is -0.312 e. The fourth-order valence-corrected chi connectivity index (χ4v) is 4.99. The van der Waals surface area contributed by atoms with Gasteiger partial charge >= 0.3 is 0 Å². The molecule has 1 aliphatic rings. The van der Waals surface area contributed by atoms with E-state index < -0.39 is 10.0 Å². The Bertz CT molecular complexity index is 850. The normalized spacial score (nSPS) is 15.8. The first-order chi connectivity index (χ1) is 11.9. The summed E-state index contributed by atoms with van der Waals surface area (Å²) in [5.74, 6) is -0.329. The van der Waals surface area contributed by atoms with E-state index in [1.807, 2.05) is 19.9 Å². The van der Waals surface area contributed by atoms with Gasteiger partial charge in [0, 0.05) is 19.1 Å². The van der Waals surface area contributed by atoms with Crippen molar-refractivity contribution in [3.63, 3.8) is 0 Å². The summed E-state index contributed by atoms with van der Waals surface area (Å²) in [5, 5.41) is 3.29. The van der Waals surface area contributed by atoms with E-state index in [4.69, 9.17) is 0 Å². The fraction of sp³-hybridized carbons (Fsp3) is 0.368. The van der Waals surface area contributed by atoms with Crippen LogP contribution in [0.4, 0.5) is 4.39 Å². The Labute approximate surface area is 148 Å². The standard InChI is InChI=1S/C19H23FN2O2S/c1-3-22(14(2)15-4-7-18(20)8-5-15)25(23,24)19-9-6-17-13-21-11-10-16(17)12-19/h4-9,12,14,21H,3,10-11,13H2,1-2H3/t14-/m0/s1. The third-order valence-corrected chi connectivity index (χ3v) is 6.81. The molecule has 0 saturated carbocycles. The average Bonchev–Trinajstić information content (AvgIpc) is 2.62. The largest absolute Gasteiger partial charge is 0.312 e. The van der Waals surface area contributed by atoms with E-state index >= 15 is 0 Å². The molecule has 0 fully saturated rings. The first-order valence-electron chi connectivity index (χ1n) is 8.53. The van der Waals surface area contributed by atoms with Gasteiger partial charge < -0.3 is 5.32 Å². The van der Waals surface area contributed by atoms with E-state index in [9.17, 15) is 12.8 Å². The molecule has 0 aliphatic carbocycles. The second-order valence-electron chi connectivity index (χ2n) is 6.29. The second kappa shape index (κ2) is 7.23. The third kappa shape index (κ3) is 3.61. The smallest absolute Gasteiger partial charge is 0.243 e. The van der Waals surface area contributed by atoms with Crippen LogP contribution in [0.2, 0.25) is 0 Å². The Kier molecular flexibility index (Phi) is 5.22. The minimum absolute atomic E-state index is 0.323. The highest BCUT2D eigenvalue weighted by atomic mass is 32.2. The number of hydrogen-bond acceptors (Lipinski definition) is 3. The van der Waals surface area contributed by atoms with Crippen LogP contribution in [-0.2, 0) is 23.0 Å². The Morgan fingerprint density at radius 3 is 2.56 bits per heavy atom. The van der Waals surface area contributed by atoms with Crippen molar-refractivity contribution >= 4 is 10.0 Å². The molecule has 3 rings (SSSR count). The molecule has 4 nitrogen and oxygen atoms in total. The van der Waals surface area contributed by atoms with E-state index in [-0.39, 0.29) is 11.9 Å². The van der Waals surface area contributed by atoms with Crippen LogP contribution in [0, 0.1) is 5.82 Å². The van der Waals surface area contributed by atoms with Crippen LogP contribution in [0.15, 0.2) is 47.4 Å². The van der Waals surface area contributed by atoms with Crippen molar-refractivity contribution in [2.45, 2.75) is 37.8 Å². The molecule has 6 heteroatoms. The number of sulfonamides is 1. The lowest BCUT2D eigenvalue weighted by Gasteiger charge is -2.28. The SMILES string of the molecule is CCN([C@@H](C)c1ccc(F)cc1)S(=O)(=O)c1ccc2c(c1)CCNC2. The molecule has 0 radical (unpaired) electrons. The Hall–Kier alpha value is -1.76. The Balaban J connectivity index is 1.94. The summed E-state index contributed by atoms with van der Waals surface area (Å²) in [6.45, 7) is 5.63. The minimum atomic E-state index is -3.62. The van der Waals surface area contributed by atoms with Crippen LogP contribution < -0.4 is 5.32 Å². The highest BCUT2D eigenvalue weighted by Gasteiger charge is 2.29. The summed E-state index contributed by atoms with van der Waals surface area (Å²) in [6, 6.07) is 11.0. The molecule has 0 saturated heterocycles. The monoisotopic (exact) mass is 362 g/mol. The summed E-state index contributed by atoms with van der Waals surface area (Å²) in [7, 11) is -3.62. The molecule has 134 valence electrons. The average molecular weight is 362 g/mol. The van der Waals surface area contributed by atoms with Crippen LogP contribution in [0.25, 0.3) is 0 Å². The van der Waals surface area contributed by atoms with Crippen LogP contribution >= 0.6 is 0 Å². The molecule has 2 aromatic rings. The maximum Gasteiger partial charge on any atom is 0.243 e. The first-order valence-corrected chi connectivity index (χ1v) is 9.97. The maximum atomic E-state index is 13.2. The van der Waals surface area contributed by atoms with Gasteiger partial charge in [-0.3, -0.25) is 0 Å². The molecule has 0 amide bonds. The van der Waals surface area contributed by atoms with Gasteiger partial charge in [0.25, 0.3) is 0 Å². The molecular formula is C19H23FN2O2S. The van der Waals surface area contributed by atoms with Crippen molar-refractivity contribution in [3.8, 4) is 0 Å². The number of halogens is 1. The molecular weight excluding hydrogens is 339 g/mol. The van der Waals surface area contributed by atoms with Gasteiger partial charge in [-0.05, 0) is 60.8 Å². The van der Waals surface area contributed by atoms with Gasteiger partial charge in [-0.15, -0.1) is 0 Å². The first kappa shape index (κ1) is 18.0. The number of nitrogens with one attached hydrogen (secondary N) is 1. The summed E-state index contributed by atoms with van der Waals surface area (Å²) in [4.78, 5) is 0.323. The van der Waals surface area contributed by atoms with E-state index in [0.29, 0.717) is 11.4 Å². The van der Waals surface area contributed by atoms with E-state index in [1.54, 1.807) is 24.3 Å². The lowest BCUT2D eigenvalue weighted by atomic mass is 10.0. The maximum absolute atomic E-state index is 13.2. The van der Waals surface area contributed by atoms with Crippen LogP contribution in [0.1, 0.15) is 36.6 Å². The third-order valence-electron chi connectivity index (χ3n) is 4.77. The van der Waals surface area contributed by atoms with E-state index in [0.717, 1.165) is 36.2 Å². The Morgan fingerprint density at radius 2 is 1.88 bits per heavy atom. The molecule has 25 heavy (non-hydrogen) atoms. The van der Waals surface area contributed by atoms with Crippen LogP contribution in [0.3, 0.4) is 0 Å². The topological polar surface area (TPSA) is 49.4 Å². The molecule has 1 N–H and O–H groups in total. The van der Waals surface area contributed by atoms with Gasteiger partial charge in [0.2, 0.25) is 10.0 Å². The molecule has 0 unspecified atom stereocenters. The van der Waals surface area contributed by atoms with Crippen molar-refractivity contribution < 1.29 is 12.8 Å². The zero-order valence-electron chi connectivity index (χ0n) is 14.5. The van der Waals surface area contributed by atoms with E-state index in [1.165, 1.54) is 16.4 Å². The molecule has 0 spiro atoms. The van der Waals surface area contributed by atoms with Crippen molar-refractivity contribution in [3.05, 3.63) is 65.0 Å². The van der Waals surface area contributed by atoms with Crippen molar-refractivity contribution in [1.82, 2.24) is 9.62 Å². The molecule has 1 heterocycles. The van der Waals surface area contributed by atoms with Gasteiger partial charge in [-0.2, -0.15) is 4.31 Å². The second-order valence-corrected chi connectivity index (χ2v) is 8.18. The van der Waals surface area contributed by atoms with Gasteiger partial charge in [0.05, 0.1) is 4.90 Å². The van der Waals surface area contributed by atoms with E-state index in [2.05, 4.69) is 5.32 Å². The molecule has 1 atom stereocenters. The highest BCUT2D eigenvalue weighted by molar-refractivity contribution is 7.89.